The van der Waals surface area contributed by atoms with Crippen LogP contribution in [0.25, 0.3) is 0 Å². The molecule has 0 atom stereocenters. The third kappa shape index (κ3) is 6.52. The van der Waals surface area contributed by atoms with Gasteiger partial charge in [-0.1, -0.05) is 53.4 Å². The predicted molar refractivity (Wildman–Crippen MR) is 74.9 cm³/mol. The van der Waals surface area contributed by atoms with E-state index in [1.54, 1.807) is 0 Å². The Morgan fingerprint density at radius 1 is 0.938 bits per heavy atom. The first-order valence-electron chi connectivity index (χ1n) is 7.09. The largest absolute Gasteiger partial charge is 0.303 e. The Morgan fingerprint density at radius 2 is 1.62 bits per heavy atom. The third-order valence-electron chi connectivity index (χ3n) is 3.71. The number of hydrogen-bond donors (Lipinski definition) is 0. The lowest BCUT2D eigenvalue weighted by molar-refractivity contribution is 0.177. The highest BCUT2D eigenvalue weighted by Gasteiger charge is 2.17. The van der Waals surface area contributed by atoms with Crippen molar-refractivity contribution in [2.75, 3.05) is 19.6 Å². The van der Waals surface area contributed by atoms with Gasteiger partial charge in [0, 0.05) is 0 Å². The highest BCUT2D eigenvalue weighted by Crippen LogP contribution is 2.23. The second kappa shape index (κ2) is 10.1. The van der Waals surface area contributed by atoms with Crippen molar-refractivity contribution in [3.8, 4) is 0 Å². The maximum Gasteiger partial charge on any atom is -0.00161 e. The summed E-state index contributed by atoms with van der Waals surface area (Å²) in [5.41, 5.74) is 0. The number of unbranched alkanes of at least 4 members (excludes halogenated alkanes) is 3. The van der Waals surface area contributed by atoms with E-state index in [0.29, 0.717) is 0 Å². The summed E-state index contributed by atoms with van der Waals surface area (Å²) in [4.78, 5) is 2.64. The summed E-state index contributed by atoms with van der Waals surface area (Å²) >= 11 is 0. The normalized spacial score (nSPS) is 18.4. The Hall–Kier alpha value is -0.0400. The first-order valence-corrected chi connectivity index (χ1v) is 7.09. The quantitative estimate of drug-likeness (QED) is 0.569. The second-order valence-electron chi connectivity index (χ2n) is 5.13. The minimum Gasteiger partial charge on any atom is -0.303 e. The summed E-state index contributed by atoms with van der Waals surface area (Å²) in [6, 6.07) is 0. The van der Waals surface area contributed by atoms with Crippen LogP contribution in [-0.2, 0) is 0 Å². The lowest BCUT2D eigenvalue weighted by Gasteiger charge is -2.31. The zero-order chi connectivity index (χ0) is 10.9. The van der Waals surface area contributed by atoms with E-state index in [9.17, 15) is 0 Å². The van der Waals surface area contributed by atoms with E-state index in [2.05, 4.69) is 18.7 Å². The molecule has 0 amide bonds. The molecule has 0 aromatic rings. The average Bonchev–Trinajstić information content (AvgIpc) is 2.27. The van der Waals surface area contributed by atoms with E-state index in [4.69, 9.17) is 0 Å². The molecule has 0 aromatic heterocycles. The molecular weight excluding hydrogens is 194 g/mol. The number of hydrogen-bond acceptors (Lipinski definition) is 1. The molecule has 1 heterocycles. The molecule has 1 aliphatic heterocycles. The molecule has 0 bridgehead atoms. The van der Waals surface area contributed by atoms with Gasteiger partial charge in [0.15, 0.2) is 0 Å². The smallest absolute Gasteiger partial charge is 0.00161 e. The molecule has 0 aliphatic carbocycles. The Labute approximate surface area is 104 Å². The molecule has 16 heavy (non-hydrogen) atoms. The Balaban J connectivity index is 0.00000225. The molecule has 0 unspecified atom stereocenters. The molecule has 1 fully saturated rings. The summed E-state index contributed by atoms with van der Waals surface area (Å²) in [6.45, 7) is 8.64. The summed E-state index contributed by atoms with van der Waals surface area (Å²) < 4.78 is 0. The summed E-state index contributed by atoms with van der Waals surface area (Å²) in [5, 5.41) is 0. The Morgan fingerprint density at radius 3 is 2.19 bits per heavy atom. The van der Waals surface area contributed by atoms with Crippen LogP contribution in [0.4, 0.5) is 0 Å². The molecule has 1 saturated heterocycles. The first-order chi connectivity index (χ1) is 7.36. The van der Waals surface area contributed by atoms with Gasteiger partial charge in [0.25, 0.3) is 0 Å². The number of rotatable bonds is 7. The molecule has 1 heteroatoms. The first kappa shape index (κ1) is 16.0. The van der Waals surface area contributed by atoms with Gasteiger partial charge in [-0.3, -0.25) is 0 Å². The summed E-state index contributed by atoms with van der Waals surface area (Å²) in [6.07, 6.45) is 11.5. The summed E-state index contributed by atoms with van der Waals surface area (Å²) in [5.74, 6) is 1.05. The molecule has 98 valence electrons. The molecule has 0 aromatic carbocycles. The van der Waals surface area contributed by atoms with Gasteiger partial charge in [0.05, 0.1) is 0 Å². The fourth-order valence-corrected chi connectivity index (χ4v) is 2.67. The van der Waals surface area contributed by atoms with Crippen LogP contribution in [0.3, 0.4) is 0 Å². The van der Waals surface area contributed by atoms with Crippen molar-refractivity contribution in [2.24, 2.45) is 5.92 Å². The van der Waals surface area contributed by atoms with Gasteiger partial charge < -0.3 is 4.90 Å². The average molecular weight is 227 g/mol. The fourth-order valence-electron chi connectivity index (χ4n) is 2.67. The molecule has 1 nitrogen and oxygen atoms in total. The van der Waals surface area contributed by atoms with Crippen molar-refractivity contribution in [1.29, 1.82) is 0 Å². The molecule has 0 spiro atoms. The SMILES string of the molecule is C.CCCCCCC1CCN(CCC)CC1. The predicted octanol–water partition coefficient (Wildman–Crippen LogP) is 4.71. The van der Waals surface area contributed by atoms with Crippen LogP contribution in [-0.4, -0.2) is 24.5 Å². The van der Waals surface area contributed by atoms with Gasteiger partial charge >= 0.3 is 0 Å². The molecule has 1 aliphatic rings. The van der Waals surface area contributed by atoms with Gasteiger partial charge in [-0.25, -0.2) is 0 Å². The van der Waals surface area contributed by atoms with Crippen molar-refractivity contribution in [3.63, 3.8) is 0 Å². The van der Waals surface area contributed by atoms with Gasteiger partial charge in [-0.2, -0.15) is 0 Å². The molecule has 0 radical (unpaired) electrons. The molecule has 1 rings (SSSR count). The van der Waals surface area contributed by atoms with E-state index in [1.165, 1.54) is 71.0 Å². The van der Waals surface area contributed by atoms with Gasteiger partial charge in [0.1, 0.15) is 0 Å². The van der Waals surface area contributed by atoms with E-state index < -0.39 is 0 Å². The number of piperidine rings is 1. The van der Waals surface area contributed by atoms with Crippen molar-refractivity contribution < 1.29 is 0 Å². The lowest BCUT2D eigenvalue weighted by atomic mass is 9.91. The highest BCUT2D eigenvalue weighted by atomic mass is 15.1. The van der Waals surface area contributed by atoms with Gasteiger partial charge in [-0.05, 0) is 44.8 Å². The Bertz CT molecular complexity index is 134. The van der Waals surface area contributed by atoms with Crippen molar-refractivity contribution in [2.45, 2.75) is 72.6 Å². The van der Waals surface area contributed by atoms with Crippen LogP contribution >= 0.6 is 0 Å². The standard InChI is InChI=1S/C14H29N.CH4/c1-3-5-6-7-8-14-9-12-15(11-4-2)13-10-14;/h14H,3-13H2,1-2H3;1H4. The Kier molecular flexibility index (Phi) is 10.1. The van der Waals surface area contributed by atoms with Crippen molar-refractivity contribution in [3.05, 3.63) is 0 Å². The highest BCUT2D eigenvalue weighted by molar-refractivity contribution is 4.71. The van der Waals surface area contributed by atoms with Gasteiger partial charge in [0.2, 0.25) is 0 Å². The van der Waals surface area contributed by atoms with E-state index in [-0.39, 0.29) is 7.43 Å². The van der Waals surface area contributed by atoms with Crippen LogP contribution in [0, 0.1) is 5.92 Å². The van der Waals surface area contributed by atoms with E-state index in [0.717, 1.165) is 5.92 Å². The van der Waals surface area contributed by atoms with Crippen LogP contribution in [0.5, 0.6) is 0 Å². The topological polar surface area (TPSA) is 3.24 Å². The van der Waals surface area contributed by atoms with Crippen LogP contribution < -0.4 is 0 Å². The minimum atomic E-state index is 0. The second-order valence-corrected chi connectivity index (χ2v) is 5.13. The van der Waals surface area contributed by atoms with Crippen molar-refractivity contribution >= 4 is 0 Å². The zero-order valence-electron chi connectivity index (χ0n) is 10.8. The van der Waals surface area contributed by atoms with Crippen LogP contribution in [0.15, 0.2) is 0 Å². The maximum absolute atomic E-state index is 2.64. The number of likely N-dealkylation sites (tertiary alicyclic amines) is 1. The maximum atomic E-state index is 2.64. The molecular formula is C15H33N. The van der Waals surface area contributed by atoms with E-state index >= 15 is 0 Å². The van der Waals surface area contributed by atoms with E-state index in [1.807, 2.05) is 0 Å². The molecule has 0 N–H and O–H groups in total. The summed E-state index contributed by atoms with van der Waals surface area (Å²) in [7, 11) is 0. The number of nitrogens with zero attached hydrogens (tertiary/aromatic N) is 1. The van der Waals surface area contributed by atoms with Crippen molar-refractivity contribution in [1.82, 2.24) is 4.90 Å². The molecule has 0 saturated carbocycles. The van der Waals surface area contributed by atoms with Crippen LogP contribution in [0.2, 0.25) is 0 Å². The fraction of sp³-hybridized carbons (Fsp3) is 1.00. The monoisotopic (exact) mass is 227 g/mol. The zero-order valence-corrected chi connectivity index (χ0v) is 10.8. The van der Waals surface area contributed by atoms with Crippen LogP contribution in [0.1, 0.15) is 72.6 Å². The minimum absolute atomic E-state index is 0. The van der Waals surface area contributed by atoms with Gasteiger partial charge in [-0.15, -0.1) is 0 Å². The lowest BCUT2D eigenvalue weighted by Crippen LogP contribution is -2.34. The third-order valence-corrected chi connectivity index (χ3v) is 3.71.